The fraction of sp³-hybridized carbons (Fsp3) is 0.900. The van der Waals surface area contributed by atoms with E-state index in [-0.39, 0.29) is 17.5 Å². The summed E-state index contributed by atoms with van der Waals surface area (Å²) in [5.41, 5.74) is -0.558. The van der Waals surface area contributed by atoms with Crippen molar-refractivity contribution in [1.82, 2.24) is 5.32 Å². The van der Waals surface area contributed by atoms with Crippen LogP contribution in [0.15, 0.2) is 0 Å². The Morgan fingerprint density at radius 3 is 2.50 bits per heavy atom. The number of hydrogen-bond donors (Lipinski definition) is 1. The number of amides is 1. The molecular formula is C10H19NO4S. The molecule has 1 aliphatic heterocycles. The first kappa shape index (κ1) is 13.3. The highest BCUT2D eigenvalue weighted by Crippen LogP contribution is 2.13. The van der Waals surface area contributed by atoms with Crippen LogP contribution in [0.1, 0.15) is 33.6 Å². The molecule has 1 saturated heterocycles. The lowest BCUT2D eigenvalue weighted by molar-refractivity contribution is 0.0506. The Hall–Kier alpha value is -0.780. The van der Waals surface area contributed by atoms with Crippen molar-refractivity contribution in [1.29, 1.82) is 0 Å². The van der Waals surface area contributed by atoms with Gasteiger partial charge in [0.2, 0.25) is 0 Å². The van der Waals surface area contributed by atoms with Crippen molar-refractivity contribution in [2.45, 2.75) is 45.3 Å². The molecule has 94 valence electrons. The lowest BCUT2D eigenvalue weighted by Gasteiger charge is -2.25. The molecule has 1 heterocycles. The summed E-state index contributed by atoms with van der Waals surface area (Å²) in [4.78, 5) is 11.4. The van der Waals surface area contributed by atoms with Gasteiger partial charge in [0.1, 0.15) is 5.60 Å². The minimum atomic E-state index is -2.99. The summed E-state index contributed by atoms with van der Waals surface area (Å²) < 4.78 is 27.7. The third-order valence-corrected chi connectivity index (χ3v) is 4.00. The smallest absolute Gasteiger partial charge is 0.407 e. The predicted molar refractivity (Wildman–Crippen MR) is 61.0 cm³/mol. The number of sulfone groups is 1. The monoisotopic (exact) mass is 249 g/mol. The maximum absolute atomic E-state index is 11.4. The second-order valence-electron chi connectivity index (χ2n) is 5.10. The van der Waals surface area contributed by atoms with Crippen LogP contribution in [0.4, 0.5) is 4.79 Å². The number of nitrogens with one attached hydrogen (secondary N) is 1. The third kappa shape index (κ3) is 4.83. The number of rotatable bonds is 1. The minimum absolute atomic E-state index is 0.0201. The third-order valence-electron chi connectivity index (χ3n) is 2.18. The standard InChI is InChI=1S/C10H19NO4S/c1-10(2,3)15-9(12)11-8-5-4-6-16(13,14)7-8/h8H,4-7H2,1-3H3,(H,11,12). The number of alkyl carbamates (subject to hydrolysis) is 1. The van der Waals surface area contributed by atoms with Crippen LogP contribution in [-0.2, 0) is 14.6 Å². The summed E-state index contributed by atoms with van der Waals surface area (Å²) >= 11 is 0. The zero-order valence-corrected chi connectivity index (χ0v) is 10.8. The van der Waals surface area contributed by atoms with Crippen LogP contribution in [0.5, 0.6) is 0 Å². The molecule has 1 N–H and O–H groups in total. The highest BCUT2D eigenvalue weighted by atomic mass is 32.2. The fourth-order valence-corrected chi connectivity index (χ4v) is 3.25. The fourth-order valence-electron chi connectivity index (χ4n) is 1.61. The Morgan fingerprint density at radius 2 is 2.00 bits per heavy atom. The second kappa shape index (κ2) is 4.61. The number of hydrogen-bond acceptors (Lipinski definition) is 4. The largest absolute Gasteiger partial charge is 0.444 e. The molecule has 1 aliphatic rings. The van der Waals surface area contributed by atoms with Crippen molar-refractivity contribution in [2.75, 3.05) is 11.5 Å². The van der Waals surface area contributed by atoms with E-state index in [9.17, 15) is 13.2 Å². The van der Waals surface area contributed by atoms with Crippen molar-refractivity contribution >= 4 is 15.9 Å². The van der Waals surface area contributed by atoms with E-state index in [2.05, 4.69) is 5.32 Å². The summed E-state index contributed by atoms with van der Waals surface area (Å²) in [7, 11) is -2.99. The predicted octanol–water partition coefficient (Wildman–Crippen LogP) is 1.09. The van der Waals surface area contributed by atoms with E-state index < -0.39 is 21.5 Å². The van der Waals surface area contributed by atoms with Gasteiger partial charge in [-0.3, -0.25) is 0 Å². The molecule has 0 radical (unpaired) electrons. The maximum atomic E-state index is 11.4. The van der Waals surface area contributed by atoms with Crippen molar-refractivity contribution in [2.24, 2.45) is 0 Å². The first-order valence-electron chi connectivity index (χ1n) is 5.38. The van der Waals surface area contributed by atoms with Crippen LogP contribution in [0, 0.1) is 0 Å². The molecule has 1 fully saturated rings. The van der Waals surface area contributed by atoms with Crippen LogP contribution in [0.25, 0.3) is 0 Å². The quantitative estimate of drug-likeness (QED) is 0.755. The maximum Gasteiger partial charge on any atom is 0.407 e. The topological polar surface area (TPSA) is 72.5 Å². The second-order valence-corrected chi connectivity index (χ2v) is 7.33. The molecule has 0 aliphatic carbocycles. The van der Waals surface area contributed by atoms with Crippen molar-refractivity contribution in [3.63, 3.8) is 0 Å². The zero-order chi connectivity index (χ0) is 12.4. The first-order chi connectivity index (χ1) is 7.18. The summed E-state index contributed by atoms with van der Waals surface area (Å²) in [6, 6.07) is -0.311. The van der Waals surface area contributed by atoms with Crippen molar-refractivity contribution in [3.8, 4) is 0 Å². The molecule has 0 saturated carbocycles. The molecule has 1 unspecified atom stereocenters. The molecule has 1 atom stereocenters. The van der Waals surface area contributed by atoms with Crippen molar-refractivity contribution in [3.05, 3.63) is 0 Å². The number of ether oxygens (including phenoxy) is 1. The molecule has 0 aromatic carbocycles. The van der Waals surface area contributed by atoms with Gasteiger partial charge in [0.25, 0.3) is 0 Å². The molecule has 1 rings (SSSR count). The Kier molecular flexibility index (Phi) is 3.83. The van der Waals surface area contributed by atoms with Gasteiger partial charge in [0.05, 0.1) is 11.5 Å². The van der Waals surface area contributed by atoms with Gasteiger partial charge in [-0.1, -0.05) is 0 Å². The summed E-state index contributed by atoms with van der Waals surface area (Å²) in [6.07, 6.45) is 0.746. The van der Waals surface area contributed by atoms with Gasteiger partial charge in [0.15, 0.2) is 9.84 Å². The Balaban J connectivity index is 2.46. The van der Waals surface area contributed by atoms with Gasteiger partial charge < -0.3 is 10.1 Å². The molecule has 1 amide bonds. The van der Waals surface area contributed by atoms with Crippen molar-refractivity contribution < 1.29 is 17.9 Å². The van der Waals surface area contributed by atoms with Crippen LogP contribution in [-0.4, -0.2) is 37.7 Å². The first-order valence-corrected chi connectivity index (χ1v) is 7.20. The van der Waals surface area contributed by atoms with E-state index in [0.717, 1.165) is 0 Å². The van der Waals surface area contributed by atoms with Crippen LogP contribution in [0.3, 0.4) is 0 Å². The van der Waals surface area contributed by atoms with E-state index in [4.69, 9.17) is 4.74 Å². The molecule has 0 aromatic heterocycles. The van der Waals surface area contributed by atoms with Gasteiger partial charge in [-0.05, 0) is 33.6 Å². The molecule has 0 bridgehead atoms. The van der Waals surface area contributed by atoms with Gasteiger partial charge in [-0.25, -0.2) is 13.2 Å². The summed E-state index contributed by atoms with van der Waals surface area (Å²) in [5, 5.41) is 2.59. The average Bonchev–Trinajstić information content (AvgIpc) is 1.96. The Labute approximate surface area is 96.5 Å². The summed E-state index contributed by atoms with van der Waals surface area (Å²) in [5.74, 6) is 0.242. The molecule has 6 heteroatoms. The van der Waals surface area contributed by atoms with E-state index in [1.54, 1.807) is 20.8 Å². The van der Waals surface area contributed by atoms with Crippen LogP contribution >= 0.6 is 0 Å². The summed E-state index contributed by atoms with van der Waals surface area (Å²) in [6.45, 7) is 5.30. The number of carbonyl (C=O) groups is 1. The van der Waals surface area contributed by atoms with Gasteiger partial charge in [0, 0.05) is 6.04 Å². The number of carbonyl (C=O) groups excluding carboxylic acids is 1. The SMILES string of the molecule is CC(C)(C)OC(=O)NC1CCCS(=O)(=O)C1. The molecule has 16 heavy (non-hydrogen) atoms. The zero-order valence-electron chi connectivity index (χ0n) is 9.95. The van der Waals surface area contributed by atoms with Gasteiger partial charge in [-0.2, -0.15) is 0 Å². The molecule has 0 aromatic rings. The van der Waals surface area contributed by atoms with Crippen LogP contribution in [0.2, 0.25) is 0 Å². The lowest BCUT2D eigenvalue weighted by atomic mass is 10.2. The Bertz CT molecular complexity index is 356. The van der Waals surface area contributed by atoms with E-state index in [1.807, 2.05) is 0 Å². The molecular weight excluding hydrogens is 230 g/mol. The lowest BCUT2D eigenvalue weighted by Crippen LogP contribution is -2.45. The van der Waals surface area contributed by atoms with E-state index in [0.29, 0.717) is 12.8 Å². The van der Waals surface area contributed by atoms with Gasteiger partial charge in [-0.15, -0.1) is 0 Å². The van der Waals surface area contributed by atoms with E-state index in [1.165, 1.54) is 0 Å². The average molecular weight is 249 g/mol. The van der Waals surface area contributed by atoms with E-state index >= 15 is 0 Å². The molecule has 5 nitrogen and oxygen atoms in total. The van der Waals surface area contributed by atoms with Crippen LogP contribution < -0.4 is 5.32 Å². The minimum Gasteiger partial charge on any atom is -0.444 e. The molecule has 0 spiro atoms. The Morgan fingerprint density at radius 1 is 1.38 bits per heavy atom. The normalized spacial score (nSPS) is 24.8. The highest BCUT2D eigenvalue weighted by molar-refractivity contribution is 7.91. The van der Waals surface area contributed by atoms with Gasteiger partial charge >= 0.3 is 6.09 Å². The highest BCUT2D eigenvalue weighted by Gasteiger charge is 2.27.